The molecule has 0 aromatic heterocycles. The van der Waals surface area contributed by atoms with Gasteiger partial charge in [0.1, 0.15) is 6.61 Å². The Kier molecular flexibility index (Phi) is 21.7. The summed E-state index contributed by atoms with van der Waals surface area (Å²) in [6.07, 6.45) is 7.63. The maximum atomic E-state index is 10.5. The number of esters is 1. The summed E-state index contributed by atoms with van der Waals surface area (Å²) in [7, 11) is -9.00. The van der Waals surface area contributed by atoms with Crippen molar-refractivity contribution in [2.45, 2.75) is 19.8 Å². The van der Waals surface area contributed by atoms with E-state index < -0.39 is 7.81 Å². The van der Waals surface area contributed by atoms with Crippen molar-refractivity contribution >= 4 is 13.8 Å². The van der Waals surface area contributed by atoms with Gasteiger partial charge in [0.05, 0.1) is 32.1 Å². The molecule has 162 valence electrons. The molecule has 28 heavy (non-hydrogen) atoms. The number of carbonyl (C=O) groups excluding carboxylic acids is 1. The van der Waals surface area contributed by atoms with Gasteiger partial charge in [-0.25, -0.2) is 0 Å². The number of carbonyl (C=O) groups is 1. The van der Waals surface area contributed by atoms with Gasteiger partial charge in [-0.1, -0.05) is 0 Å². The van der Waals surface area contributed by atoms with Crippen molar-refractivity contribution < 1.29 is 70.5 Å². The number of ether oxygens (including phenoxy) is 2. The van der Waals surface area contributed by atoms with Gasteiger partial charge in [-0.2, -0.15) is 0 Å². The van der Waals surface area contributed by atoms with E-state index in [1.54, 1.807) is 7.11 Å². The second-order valence-corrected chi connectivity index (χ2v) is 5.97. The van der Waals surface area contributed by atoms with Crippen LogP contribution in [0, 0.1) is 26.4 Å². The number of allylic oxidation sites excluding steroid dienone is 2. The molecule has 0 saturated carbocycles. The summed E-state index contributed by atoms with van der Waals surface area (Å²) in [4.78, 5) is 10.5. The van der Waals surface area contributed by atoms with Gasteiger partial charge < -0.3 is 9.47 Å². The molecule has 0 aliphatic heterocycles. The number of hydrogen-bond donors (Lipinski definition) is 0. The van der Waals surface area contributed by atoms with E-state index in [0.717, 1.165) is 18.6 Å². The van der Waals surface area contributed by atoms with E-state index in [4.69, 9.17) is 23.4 Å². The molecule has 14 heteroatoms. The zero-order valence-electron chi connectivity index (χ0n) is 14.4. The van der Waals surface area contributed by atoms with Gasteiger partial charge in [-0.15, -0.1) is 0 Å². The summed E-state index contributed by atoms with van der Waals surface area (Å²) >= 11 is 0. The summed E-state index contributed by atoms with van der Waals surface area (Å²) in [5.74, 6) is 0.666. The van der Waals surface area contributed by atoms with Crippen molar-refractivity contribution in [3.05, 3.63) is 49.9 Å². The molecular formula is C14H15F6FeO6P. The first-order valence-corrected chi connectivity index (χ1v) is 8.28. The van der Waals surface area contributed by atoms with Gasteiger partial charge >= 0.3 is 72.9 Å². The molecule has 0 aromatic rings. The molecule has 1 rings (SSSR count). The molecule has 0 bridgehead atoms. The van der Waals surface area contributed by atoms with E-state index in [0.29, 0.717) is 6.61 Å². The van der Waals surface area contributed by atoms with Crippen LogP contribution in [0.2, 0.25) is 0 Å². The van der Waals surface area contributed by atoms with Crippen molar-refractivity contribution in [2.24, 2.45) is 0 Å². The van der Waals surface area contributed by atoms with Crippen LogP contribution in [0.4, 0.5) is 25.2 Å². The number of halogens is 6. The molecule has 0 spiro atoms. The first-order chi connectivity index (χ1) is 12.2. The molecule has 6 nitrogen and oxygen atoms in total. The van der Waals surface area contributed by atoms with Crippen molar-refractivity contribution in [1.29, 1.82) is 0 Å². The third-order valence-corrected chi connectivity index (χ3v) is 2.01. The van der Waals surface area contributed by atoms with Crippen molar-refractivity contribution in [2.75, 3.05) is 13.7 Å². The molecule has 0 heterocycles. The van der Waals surface area contributed by atoms with Gasteiger partial charge in [0, 0.05) is 36.0 Å². The van der Waals surface area contributed by atoms with E-state index in [2.05, 4.69) is 20.0 Å². The molecule has 0 saturated heterocycles. The summed E-state index contributed by atoms with van der Waals surface area (Å²) in [5.41, 5.74) is 1.26. The molecule has 0 fully saturated rings. The molecule has 0 radical (unpaired) electrons. The second-order valence-electron chi connectivity index (χ2n) is 4.05. The predicted octanol–water partition coefficient (Wildman–Crippen LogP) is 5.27. The average molecular weight is 480 g/mol. The van der Waals surface area contributed by atoms with Crippen LogP contribution in [0.1, 0.15) is 19.8 Å². The summed E-state index contributed by atoms with van der Waals surface area (Å²) in [5, 5.41) is 0. The van der Waals surface area contributed by atoms with Crippen LogP contribution in [0.5, 0.6) is 0 Å². The fourth-order valence-corrected chi connectivity index (χ4v) is 1.23. The summed E-state index contributed by atoms with van der Waals surface area (Å²) in [6.45, 7) is 15.4. The first kappa shape index (κ1) is 37.2. The van der Waals surface area contributed by atoms with E-state index in [-0.39, 0.29) is 23.0 Å². The van der Waals surface area contributed by atoms with Crippen LogP contribution < -0.4 is 0 Å². The molecule has 1 aliphatic rings. The van der Waals surface area contributed by atoms with Gasteiger partial charge in [0.25, 0.3) is 0 Å². The van der Waals surface area contributed by atoms with Crippen LogP contribution in [-0.2, 0) is 45.3 Å². The van der Waals surface area contributed by atoms with Crippen molar-refractivity contribution in [1.82, 2.24) is 0 Å². The Morgan fingerprint density at radius 1 is 1.11 bits per heavy atom. The smallest absolute Gasteiger partial charge is 0 e. The zero-order valence-corrected chi connectivity index (χ0v) is 16.4. The van der Waals surface area contributed by atoms with E-state index in [1.165, 1.54) is 12.5 Å². The number of hydrogen-bond acceptors (Lipinski definition) is 3. The first-order valence-electron chi connectivity index (χ1n) is 6.25. The predicted molar refractivity (Wildman–Crippen MR) is 78.7 cm³/mol. The van der Waals surface area contributed by atoms with Crippen LogP contribution in [0.3, 0.4) is 0 Å². The summed E-state index contributed by atoms with van der Waals surface area (Å²) in [6, 6.07) is 0. The fraction of sp³-hybridized carbons (Fsp3) is 0.357. The van der Waals surface area contributed by atoms with Gasteiger partial charge in [-0.05, 0) is 0 Å². The van der Waals surface area contributed by atoms with Gasteiger partial charge in [0.15, 0.2) is 0 Å². The van der Waals surface area contributed by atoms with E-state index in [1.807, 2.05) is 18.6 Å². The average Bonchev–Trinajstić information content (AvgIpc) is 2.58. The third-order valence-electron chi connectivity index (χ3n) is 2.01. The molecule has 0 amide bonds. The minimum Gasteiger partial charge on any atom is 0 e. The minimum absolute atomic E-state index is 0. The molecule has 0 unspecified atom stereocenters. The Labute approximate surface area is 168 Å². The molecule has 1 aliphatic carbocycles. The van der Waals surface area contributed by atoms with Crippen molar-refractivity contribution in [3.8, 4) is 0 Å². The van der Waals surface area contributed by atoms with E-state index in [9.17, 15) is 30.0 Å². The zero-order chi connectivity index (χ0) is 22.8. The Balaban J connectivity index is -0.000000107. The molecule has 0 aromatic carbocycles. The Morgan fingerprint density at radius 3 is 1.75 bits per heavy atom. The Hall–Kier alpha value is -1.63. The Bertz CT molecular complexity index is 540. The minimum atomic E-state index is -10.7. The normalized spacial score (nSPS) is 13.5. The number of rotatable bonds is 4. The van der Waals surface area contributed by atoms with Crippen LogP contribution in [-0.4, -0.2) is 19.7 Å². The quantitative estimate of drug-likeness (QED) is 0.137. The SMILES string of the molecule is COC1=CCC(CCOC(C)=O)=C[CH+]1.F[P-](F)(F)(F)(F)F.[C-]#[O+].[C-]#[O+].[C-]#[O+].[Fe]. The largest absolute Gasteiger partial charge is 0 e. The third kappa shape index (κ3) is 49.7. The van der Waals surface area contributed by atoms with Crippen LogP contribution >= 0.6 is 7.81 Å². The van der Waals surface area contributed by atoms with Gasteiger partial charge in [0.2, 0.25) is 5.76 Å². The second kappa shape index (κ2) is 16.3. The maximum Gasteiger partial charge on any atom is 0 e. The Morgan fingerprint density at radius 2 is 1.50 bits per heavy atom. The molecule has 0 N–H and O–H groups in total. The molecule has 0 atom stereocenters. The van der Waals surface area contributed by atoms with E-state index >= 15 is 0 Å². The molecular weight excluding hydrogens is 465 g/mol. The fourth-order valence-electron chi connectivity index (χ4n) is 1.23. The van der Waals surface area contributed by atoms with Gasteiger partial charge in [-0.3, -0.25) is 4.79 Å². The number of methoxy groups -OCH3 is 1. The standard InChI is InChI=1S/C11H15O3.3CO.F6P.Fe/c1-9(12)14-8-7-10-3-5-11(13-2)6-4-10;3*1-2;1-7(2,3,4,5)6;/h3,5-6H,4,7-8H2,1-2H3;;;;;/q+1;;;;-1;. The maximum absolute atomic E-state index is 10.7. The van der Waals surface area contributed by atoms with Crippen molar-refractivity contribution in [3.63, 3.8) is 0 Å². The summed E-state index contributed by atoms with van der Waals surface area (Å²) < 4.78 is 91.6. The van der Waals surface area contributed by atoms with Crippen LogP contribution in [0.15, 0.2) is 23.5 Å². The topological polar surface area (TPSA) is 95.2 Å². The van der Waals surface area contributed by atoms with Crippen LogP contribution in [0.25, 0.3) is 0 Å². The monoisotopic (exact) mass is 480 g/mol.